The van der Waals surface area contributed by atoms with Gasteiger partial charge in [0.25, 0.3) is 0 Å². The van der Waals surface area contributed by atoms with E-state index in [4.69, 9.17) is 4.74 Å². The van der Waals surface area contributed by atoms with Gasteiger partial charge in [0.1, 0.15) is 5.75 Å². The van der Waals surface area contributed by atoms with Gasteiger partial charge in [-0.3, -0.25) is 0 Å². The molecule has 0 fully saturated rings. The first-order valence-electron chi connectivity index (χ1n) is 9.66. The summed E-state index contributed by atoms with van der Waals surface area (Å²) in [4.78, 5) is 2.47. The first kappa shape index (κ1) is 17.4. The second-order valence-corrected chi connectivity index (χ2v) is 7.15. The SMILES string of the molecule is COc1ccc(CN2CCc3cccc(-c4ccc(-c5nn[nH]n5)cc4)c32)cc1. The first-order chi connectivity index (χ1) is 14.3. The first-order valence-corrected chi connectivity index (χ1v) is 9.66. The lowest BCUT2D eigenvalue weighted by molar-refractivity contribution is 0.414. The fourth-order valence-corrected chi connectivity index (χ4v) is 3.96. The summed E-state index contributed by atoms with van der Waals surface area (Å²) in [6.45, 7) is 1.91. The number of tetrazole rings is 1. The summed E-state index contributed by atoms with van der Waals surface area (Å²) in [7, 11) is 1.70. The van der Waals surface area contributed by atoms with E-state index in [2.05, 4.69) is 68.0 Å². The van der Waals surface area contributed by atoms with Crippen molar-refractivity contribution in [2.75, 3.05) is 18.6 Å². The van der Waals surface area contributed by atoms with Gasteiger partial charge in [-0.2, -0.15) is 5.21 Å². The zero-order valence-corrected chi connectivity index (χ0v) is 16.2. The molecular weight excluding hydrogens is 362 g/mol. The van der Waals surface area contributed by atoms with Crippen molar-refractivity contribution in [3.63, 3.8) is 0 Å². The minimum atomic E-state index is 0.607. The number of para-hydroxylation sites is 1. The van der Waals surface area contributed by atoms with Crippen molar-refractivity contribution in [1.82, 2.24) is 20.6 Å². The molecule has 0 aliphatic carbocycles. The van der Waals surface area contributed by atoms with Crippen LogP contribution in [-0.2, 0) is 13.0 Å². The molecule has 1 aliphatic heterocycles. The molecule has 5 rings (SSSR count). The van der Waals surface area contributed by atoms with E-state index in [1.165, 1.54) is 27.9 Å². The van der Waals surface area contributed by atoms with Gasteiger partial charge in [0.05, 0.1) is 7.11 Å². The Hall–Kier alpha value is -3.67. The van der Waals surface area contributed by atoms with Crippen LogP contribution in [0.5, 0.6) is 5.75 Å². The minimum absolute atomic E-state index is 0.607. The van der Waals surface area contributed by atoms with Crippen LogP contribution in [0, 0.1) is 0 Å². The number of hydrogen-bond donors (Lipinski definition) is 1. The summed E-state index contributed by atoms with van der Waals surface area (Å²) < 4.78 is 5.28. The molecule has 1 N–H and O–H groups in total. The highest BCUT2D eigenvalue weighted by Crippen LogP contribution is 2.39. The summed E-state index contributed by atoms with van der Waals surface area (Å²) in [6, 6.07) is 23.3. The minimum Gasteiger partial charge on any atom is -0.497 e. The Bertz CT molecular complexity index is 1110. The fourth-order valence-electron chi connectivity index (χ4n) is 3.96. The standard InChI is InChI=1S/C23H21N5O/c1-29-20-11-5-16(6-12-20)15-28-14-13-18-3-2-4-21(22(18)28)17-7-9-19(10-8-17)23-24-26-27-25-23/h2-12H,13-15H2,1H3,(H,24,25,26,27). The van der Waals surface area contributed by atoms with Gasteiger partial charge >= 0.3 is 0 Å². The number of methoxy groups -OCH3 is 1. The number of aromatic nitrogens is 4. The Morgan fingerprint density at radius 2 is 1.76 bits per heavy atom. The van der Waals surface area contributed by atoms with E-state index in [1.54, 1.807) is 7.11 Å². The Morgan fingerprint density at radius 3 is 2.48 bits per heavy atom. The molecule has 2 heterocycles. The third kappa shape index (κ3) is 3.33. The summed E-state index contributed by atoms with van der Waals surface area (Å²) in [5.74, 6) is 1.49. The van der Waals surface area contributed by atoms with Crippen LogP contribution in [-0.4, -0.2) is 34.3 Å². The lowest BCUT2D eigenvalue weighted by Crippen LogP contribution is -2.20. The average molecular weight is 383 g/mol. The highest BCUT2D eigenvalue weighted by Gasteiger charge is 2.23. The van der Waals surface area contributed by atoms with Crippen LogP contribution in [0.15, 0.2) is 66.7 Å². The van der Waals surface area contributed by atoms with E-state index in [9.17, 15) is 0 Å². The summed E-state index contributed by atoms with van der Waals surface area (Å²) in [6.07, 6.45) is 1.07. The van der Waals surface area contributed by atoms with Crippen molar-refractivity contribution in [2.45, 2.75) is 13.0 Å². The molecule has 6 heteroatoms. The van der Waals surface area contributed by atoms with Crippen LogP contribution in [0.1, 0.15) is 11.1 Å². The maximum atomic E-state index is 5.28. The van der Waals surface area contributed by atoms with Crippen LogP contribution in [0.2, 0.25) is 0 Å². The largest absolute Gasteiger partial charge is 0.497 e. The number of nitrogens with one attached hydrogen (secondary N) is 1. The molecule has 0 saturated heterocycles. The summed E-state index contributed by atoms with van der Waals surface area (Å²) in [5, 5.41) is 14.2. The van der Waals surface area contributed by atoms with Crippen LogP contribution < -0.4 is 9.64 Å². The predicted molar refractivity (Wildman–Crippen MR) is 113 cm³/mol. The Morgan fingerprint density at radius 1 is 0.966 bits per heavy atom. The van der Waals surface area contributed by atoms with Crippen molar-refractivity contribution in [3.05, 3.63) is 77.9 Å². The second-order valence-electron chi connectivity index (χ2n) is 7.15. The van der Waals surface area contributed by atoms with Crippen LogP contribution in [0.4, 0.5) is 5.69 Å². The maximum absolute atomic E-state index is 5.28. The lowest BCUT2D eigenvalue weighted by atomic mass is 9.99. The summed E-state index contributed by atoms with van der Waals surface area (Å²) >= 11 is 0. The molecule has 1 aliphatic rings. The molecule has 3 aromatic carbocycles. The number of hydrogen-bond acceptors (Lipinski definition) is 5. The molecule has 4 aromatic rings. The number of benzene rings is 3. The normalized spacial score (nSPS) is 12.8. The molecular formula is C23H21N5O. The average Bonchev–Trinajstić information content (AvgIpc) is 3.45. The Balaban J connectivity index is 1.46. The van der Waals surface area contributed by atoms with Gasteiger partial charge in [-0.15, -0.1) is 10.2 Å². The highest BCUT2D eigenvalue weighted by atomic mass is 16.5. The van der Waals surface area contributed by atoms with Gasteiger partial charge in [0, 0.05) is 29.9 Å². The van der Waals surface area contributed by atoms with Crippen LogP contribution in [0.3, 0.4) is 0 Å². The third-order valence-corrected chi connectivity index (χ3v) is 5.42. The van der Waals surface area contributed by atoms with Gasteiger partial charge in [-0.25, -0.2) is 0 Å². The number of nitrogens with zero attached hydrogens (tertiary/aromatic N) is 4. The van der Waals surface area contributed by atoms with E-state index in [0.29, 0.717) is 5.82 Å². The molecule has 144 valence electrons. The zero-order valence-electron chi connectivity index (χ0n) is 16.2. The van der Waals surface area contributed by atoms with Crippen molar-refractivity contribution < 1.29 is 4.74 Å². The third-order valence-electron chi connectivity index (χ3n) is 5.42. The molecule has 0 unspecified atom stereocenters. The van der Waals surface area contributed by atoms with E-state index in [0.717, 1.165) is 30.8 Å². The number of aromatic amines is 1. The number of fused-ring (bicyclic) bond motifs is 1. The van der Waals surface area contributed by atoms with Gasteiger partial charge in [0.2, 0.25) is 5.82 Å². The van der Waals surface area contributed by atoms with E-state index in [-0.39, 0.29) is 0 Å². The van der Waals surface area contributed by atoms with Crippen LogP contribution >= 0.6 is 0 Å². The monoisotopic (exact) mass is 383 g/mol. The number of ether oxygens (including phenoxy) is 1. The Labute approximate surface area is 169 Å². The van der Waals surface area contributed by atoms with Gasteiger partial charge in [-0.05, 0) is 40.5 Å². The topological polar surface area (TPSA) is 66.9 Å². The van der Waals surface area contributed by atoms with Gasteiger partial charge in [-0.1, -0.05) is 54.6 Å². The maximum Gasteiger partial charge on any atom is 0.204 e. The highest BCUT2D eigenvalue weighted by molar-refractivity contribution is 5.83. The van der Waals surface area contributed by atoms with Gasteiger partial charge < -0.3 is 9.64 Å². The number of H-pyrrole nitrogens is 1. The molecule has 0 radical (unpaired) electrons. The second kappa shape index (κ2) is 7.39. The van der Waals surface area contributed by atoms with Crippen molar-refractivity contribution in [2.24, 2.45) is 0 Å². The molecule has 1 aromatic heterocycles. The molecule has 0 atom stereocenters. The summed E-state index contributed by atoms with van der Waals surface area (Å²) in [5.41, 5.74) is 7.41. The molecule has 6 nitrogen and oxygen atoms in total. The zero-order chi connectivity index (χ0) is 19.6. The van der Waals surface area contributed by atoms with E-state index < -0.39 is 0 Å². The number of anilines is 1. The van der Waals surface area contributed by atoms with E-state index in [1.807, 2.05) is 24.3 Å². The molecule has 29 heavy (non-hydrogen) atoms. The van der Waals surface area contributed by atoms with Crippen molar-refractivity contribution >= 4 is 5.69 Å². The molecule has 0 spiro atoms. The van der Waals surface area contributed by atoms with Gasteiger partial charge in [0.15, 0.2) is 0 Å². The van der Waals surface area contributed by atoms with Crippen molar-refractivity contribution in [1.29, 1.82) is 0 Å². The molecule has 0 amide bonds. The van der Waals surface area contributed by atoms with Crippen LogP contribution in [0.25, 0.3) is 22.5 Å². The quantitative estimate of drug-likeness (QED) is 0.562. The fraction of sp³-hybridized carbons (Fsp3) is 0.174. The number of rotatable bonds is 5. The molecule has 0 saturated carbocycles. The van der Waals surface area contributed by atoms with E-state index >= 15 is 0 Å². The van der Waals surface area contributed by atoms with Crippen molar-refractivity contribution in [3.8, 4) is 28.3 Å². The smallest absolute Gasteiger partial charge is 0.204 e. The lowest BCUT2D eigenvalue weighted by Gasteiger charge is -2.23. The molecule has 0 bridgehead atoms. The predicted octanol–water partition coefficient (Wildman–Crippen LogP) is 4.11. The Kier molecular flexibility index (Phi) is 4.44.